The van der Waals surface area contributed by atoms with Crippen molar-refractivity contribution in [1.82, 2.24) is 47.9 Å². The number of rotatable bonds is 22. The topological polar surface area (TPSA) is 432 Å². The molecule has 0 bridgehead atoms. The van der Waals surface area contributed by atoms with Crippen LogP contribution in [-0.2, 0) is 49.6 Å². The molecule has 0 saturated carbocycles. The van der Waals surface area contributed by atoms with Crippen LogP contribution in [0.4, 0.5) is 0 Å². The third-order valence-electron chi connectivity index (χ3n) is 12.1. The highest BCUT2D eigenvalue weighted by Crippen LogP contribution is 2.12. The average Bonchev–Trinajstić information content (AvgIpc) is 3.35. The highest BCUT2D eigenvalue weighted by atomic mass is 16.3. The van der Waals surface area contributed by atoms with E-state index in [0.717, 1.165) is 0 Å². The van der Waals surface area contributed by atoms with Gasteiger partial charge < -0.3 is 86.7 Å². The number of amides is 9. The molecule has 1 fully saturated rings. The number of hydrogen-bond donors (Lipinski definition) is 16. The molecule has 0 spiro atoms. The molecule has 21 N–H and O–H groups in total. The van der Waals surface area contributed by atoms with Crippen LogP contribution in [0.5, 0.6) is 0 Å². The maximum atomic E-state index is 14.4. The van der Waals surface area contributed by atoms with Crippen LogP contribution >= 0.6 is 0 Å². The quantitative estimate of drug-likeness (QED) is 0.0518. The van der Waals surface area contributed by atoms with Gasteiger partial charge in [-0.1, -0.05) is 44.2 Å². The van der Waals surface area contributed by atoms with Crippen LogP contribution in [0.25, 0.3) is 0 Å². The fraction of sp³-hybridized carbons (Fsp3) is 0.688. The maximum absolute atomic E-state index is 14.4. The first-order valence-corrected chi connectivity index (χ1v) is 25.3. The summed E-state index contributed by atoms with van der Waals surface area (Å²) in [5, 5.41) is 44.5. The normalized spacial score (nSPS) is 24.2. The Morgan fingerprint density at radius 1 is 0.616 bits per heavy atom. The van der Waals surface area contributed by atoms with Gasteiger partial charge in [-0.25, -0.2) is 0 Å². The van der Waals surface area contributed by atoms with E-state index in [4.69, 9.17) is 28.7 Å². The Labute approximate surface area is 427 Å². The molecule has 25 nitrogen and oxygen atoms in total. The van der Waals surface area contributed by atoms with Crippen LogP contribution in [0.1, 0.15) is 104 Å². The number of nitrogens with one attached hydrogen (secondary N) is 9. The molecule has 0 unspecified atom stereocenters. The molecule has 11 atom stereocenters. The van der Waals surface area contributed by atoms with Crippen molar-refractivity contribution in [2.75, 3.05) is 32.7 Å². The maximum Gasteiger partial charge on any atom is 0.245 e. The first-order valence-electron chi connectivity index (χ1n) is 25.3. The number of aliphatic hydroxyl groups is 2. The second-order valence-corrected chi connectivity index (χ2v) is 18.9. The zero-order valence-corrected chi connectivity index (χ0v) is 42.8. The minimum atomic E-state index is -1.55. The van der Waals surface area contributed by atoms with Gasteiger partial charge in [0.15, 0.2) is 0 Å². The number of benzene rings is 1. The summed E-state index contributed by atoms with van der Waals surface area (Å²) in [6.45, 7) is 6.53. The largest absolute Gasteiger partial charge is 0.391 e. The first-order chi connectivity index (χ1) is 34.7. The predicted octanol–water partition coefficient (Wildman–Crippen LogP) is -4.89. The van der Waals surface area contributed by atoms with Crippen molar-refractivity contribution < 1.29 is 53.4 Å². The van der Waals surface area contributed by atoms with Gasteiger partial charge in [-0.2, -0.15) is 0 Å². The van der Waals surface area contributed by atoms with Crippen LogP contribution in [0.2, 0.25) is 0 Å². The van der Waals surface area contributed by atoms with E-state index >= 15 is 0 Å². The highest BCUT2D eigenvalue weighted by Gasteiger charge is 2.36. The Kier molecular flexibility index (Phi) is 29.3. The molecule has 2 rings (SSSR count). The van der Waals surface area contributed by atoms with Gasteiger partial charge in [-0.3, -0.25) is 43.2 Å². The molecule has 412 valence electrons. The molecule has 1 aliphatic rings. The molecule has 1 aromatic carbocycles. The third-order valence-corrected chi connectivity index (χ3v) is 12.1. The van der Waals surface area contributed by atoms with Crippen LogP contribution in [-0.4, -0.2) is 163 Å². The van der Waals surface area contributed by atoms with Gasteiger partial charge in [0, 0.05) is 13.0 Å². The third kappa shape index (κ3) is 22.9. The summed E-state index contributed by atoms with van der Waals surface area (Å²) >= 11 is 0. The van der Waals surface area contributed by atoms with Crippen LogP contribution < -0.4 is 76.5 Å². The molecular weight excluding hydrogens is 949 g/mol. The molecule has 9 amide bonds. The van der Waals surface area contributed by atoms with E-state index in [1.54, 1.807) is 30.3 Å². The number of nitrogens with two attached hydrogens (primary N) is 5. The molecule has 1 aromatic rings. The van der Waals surface area contributed by atoms with E-state index in [1.165, 1.54) is 13.8 Å². The zero-order valence-electron chi connectivity index (χ0n) is 42.8. The van der Waals surface area contributed by atoms with Crippen molar-refractivity contribution in [2.45, 2.75) is 171 Å². The van der Waals surface area contributed by atoms with Gasteiger partial charge in [-0.05, 0) is 122 Å². The summed E-state index contributed by atoms with van der Waals surface area (Å²) in [6, 6.07) is -3.40. The molecule has 0 aliphatic carbocycles. The fourth-order valence-corrected chi connectivity index (χ4v) is 7.80. The second-order valence-electron chi connectivity index (χ2n) is 18.9. The van der Waals surface area contributed by atoms with Crippen molar-refractivity contribution >= 4 is 53.2 Å². The minimum Gasteiger partial charge on any atom is -0.391 e. The lowest BCUT2D eigenvalue weighted by Gasteiger charge is -2.29. The van der Waals surface area contributed by atoms with Crippen molar-refractivity contribution in [1.29, 1.82) is 0 Å². The Bertz CT molecular complexity index is 1930. The molecule has 0 radical (unpaired) electrons. The zero-order chi connectivity index (χ0) is 54.6. The number of aliphatic hydroxyl groups excluding tert-OH is 2. The molecule has 1 aliphatic heterocycles. The van der Waals surface area contributed by atoms with Gasteiger partial charge in [0.25, 0.3) is 0 Å². The van der Waals surface area contributed by atoms with E-state index < -0.39 is 120 Å². The van der Waals surface area contributed by atoms with Crippen LogP contribution in [0.3, 0.4) is 0 Å². The summed E-state index contributed by atoms with van der Waals surface area (Å²) in [5.74, 6) is -7.48. The first kappa shape index (κ1) is 63.3. The number of carbonyl (C=O) groups is 9. The molecular formula is C48H84N14O11. The van der Waals surface area contributed by atoms with Gasteiger partial charge in [0.2, 0.25) is 53.2 Å². The lowest BCUT2D eigenvalue weighted by molar-refractivity contribution is -0.136. The highest BCUT2D eigenvalue weighted by molar-refractivity contribution is 5.98. The smallest absolute Gasteiger partial charge is 0.245 e. The fourth-order valence-electron chi connectivity index (χ4n) is 7.80. The Morgan fingerprint density at radius 3 is 1.58 bits per heavy atom. The van der Waals surface area contributed by atoms with Crippen molar-refractivity contribution in [3.63, 3.8) is 0 Å². The van der Waals surface area contributed by atoms with E-state index in [1.807, 2.05) is 13.8 Å². The summed E-state index contributed by atoms with van der Waals surface area (Å²) in [7, 11) is 0. The molecule has 1 saturated heterocycles. The summed E-state index contributed by atoms with van der Waals surface area (Å²) in [6.07, 6.45) is -1.87. The van der Waals surface area contributed by atoms with Gasteiger partial charge in [0.1, 0.15) is 54.4 Å². The monoisotopic (exact) mass is 1030 g/mol. The summed E-state index contributed by atoms with van der Waals surface area (Å²) in [4.78, 5) is 126. The standard InChI is InChI=1S/C48H84N14O11/c1-27(2)25-36-45(70)58-31(15-8-20-49)40(65)56-34(18-11-23-52)44(69)62-39(29(4)64)48(73)54-24-12-19-35(57-41(66)33(17-10-22-51)59-47(72)38(53)28(3)63)42(67)55-32(16-9-21-50)43(68)61-37(46(71)60-36)26-30-13-6-5-7-14-30/h5-7,13-14,27-29,31-39,63-64H,8-12,15-26,49-53H2,1-4H3,(H,54,73)(H,55,67)(H,56,65)(H,57,66)(H,58,70)(H,59,72)(H,60,71)(H,61,68)(H,62,69)/t28-,29-,31+,32+,33+,34+,35+,36+,37-,38+,39+/m1/s1. The Balaban J connectivity index is 2.77. The Hall–Kier alpha value is -5.83. The van der Waals surface area contributed by atoms with E-state index in [9.17, 15) is 53.4 Å². The predicted molar refractivity (Wildman–Crippen MR) is 272 cm³/mol. The lowest BCUT2D eigenvalue weighted by atomic mass is 9.99. The average molecular weight is 1030 g/mol. The van der Waals surface area contributed by atoms with Crippen LogP contribution in [0.15, 0.2) is 30.3 Å². The number of hydrogen-bond acceptors (Lipinski definition) is 16. The molecule has 0 aromatic heterocycles. The number of carbonyl (C=O) groups excluding carboxylic acids is 9. The van der Waals surface area contributed by atoms with E-state index in [2.05, 4.69) is 47.9 Å². The summed E-state index contributed by atoms with van der Waals surface area (Å²) in [5.41, 5.74) is 29.6. The Morgan fingerprint density at radius 2 is 1.08 bits per heavy atom. The van der Waals surface area contributed by atoms with Crippen molar-refractivity contribution in [3.05, 3.63) is 35.9 Å². The second kappa shape index (κ2) is 33.8. The lowest BCUT2D eigenvalue weighted by Crippen LogP contribution is -2.61. The van der Waals surface area contributed by atoms with Crippen molar-refractivity contribution in [3.8, 4) is 0 Å². The summed E-state index contributed by atoms with van der Waals surface area (Å²) < 4.78 is 0. The SMILES string of the molecule is CC(C)C[C@@H]1NC(=O)[C@@H](Cc2ccccc2)NC(=O)[C@H](CCCN)NC(=O)[C@@H](NC(=O)[C@H](CCCN)NC(=O)[C@@H](N)[C@@H](C)O)CCCNC(=O)[C@H]([C@@H](C)O)NC(=O)[C@H](CCCN)NC(=O)[C@H](CCCN)NC1=O. The van der Waals surface area contributed by atoms with Gasteiger partial charge >= 0.3 is 0 Å². The van der Waals surface area contributed by atoms with E-state index in [-0.39, 0.29) is 116 Å². The van der Waals surface area contributed by atoms with Crippen LogP contribution in [0, 0.1) is 5.92 Å². The van der Waals surface area contributed by atoms with Crippen molar-refractivity contribution in [2.24, 2.45) is 34.6 Å². The van der Waals surface area contributed by atoms with Gasteiger partial charge in [0.05, 0.1) is 12.2 Å². The molecule has 73 heavy (non-hydrogen) atoms. The molecule has 25 heteroatoms. The van der Waals surface area contributed by atoms with Gasteiger partial charge in [-0.15, -0.1) is 0 Å². The minimum absolute atomic E-state index is 0.00665. The molecule has 1 heterocycles. The van der Waals surface area contributed by atoms with E-state index in [0.29, 0.717) is 5.56 Å².